The maximum atomic E-state index is 12.0. The van der Waals surface area contributed by atoms with Crippen LogP contribution in [-0.2, 0) is 10.5 Å². The molecule has 0 spiro atoms. The van der Waals surface area contributed by atoms with E-state index in [-0.39, 0.29) is 17.2 Å². The van der Waals surface area contributed by atoms with Gasteiger partial charge in [-0.15, -0.1) is 34.4 Å². The first-order valence-electron chi connectivity index (χ1n) is 6.80. The van der Waals surface area contributed by atoms with Gasteiger partial charge in [-0.2, -0.15) is 0 Å². The third kappa shape index (κ3) is 3.98. The van der Waals surface area contributed by atoms with Gasteiger partial charge in [-0.25, -0.2) is 9.97 Å². The number of hydrogen-bond acceptors (Lipinski definition) is 7. The lowest BCUT2D eigenvalue weighted by Crippen LogP contribution is -2.15. The lowest BCUT2D eigenvalue weighted by Gasteiger charge is -2.02. The zero-order valence-corrected chi connectivity index (χ0v) is 15.0. The number of amides is 1. The van der Waals surface area contributed by atoms with E-state index in [0.29, 0.717) is 22.1 Å². The monoisotopic (exact) mass is 366 g/mol. The first-order chi connectivity index (χ1) is 11.0. The summed E-state index contributed by atoms with van der Waals surface area (Å²) in [6, 6.07) is 1.84. The lowest BCUT2D eigenvalue weighted by molar-refractivity contribution is -0.113. The zero-order valence-electron chi connectivity index (χ0n) is 12.5. The van der Waals surface area contributed by atoms with Crippen LogP contribution in [0.3, 0.4) is 0 Å². The van der Waals surface area contributed by atoms with Crippen molar-refractivity contribution < 1.29 is 4.79 Å². The van der Waals surface area contributed by atoms with Gasteiger partial charge in [0, 0.05) is 16.0 Å². The molecular weight excluding hydrogens is 352 g/mol. The van der Waals surface area contributed by atoms with E-state index in [4.69, 9.17) is 0 Å². The van der Waals surface area contributed by atoms with Gasteiger partial charge in [0.25, 0.3) is 5.56 Å². The van der Waals surface area contributed by atoms with Crippen molar-refractivity contribution in [2.24, 2.45) is 0 Å². The van der Waals surface area contributed by atoms with E-state index in [1.54, 1.807) is 6.20 Å². The summed E-state index contributed by atoms with van der Waals surface area (Å²) in [6.07, 6.45) is 1.72. The molecule has 0 aliphatic rings. The number of thiazole rings is 1. The summed E-state index contributed by atoms with van der Waals surface area (Å²) < 4.78 is 0. The molecule has 0 radical (unpaired) electrons. The molecule has 23 heavy (non-hydrogen) atoms. The van der Waals surface area contributed by atoms with E-state index in [1.165, 1.54) is 34.4 Å². The van der Waals surface area contributed by atoms with Gasteiger partial charge in [0.2, 0.25) is 5.91 Å². The molecule has 0 saturated heterocycles. The molecular formula is C14H14N4O2S3. The number of thioether (sulfide) groups is 1. The van der Waals surface area contributed by atoms with Crippen molar-refractivity contribution in [1.29, 1.82) is 0 Å². The molecule has 3 rings (SSSR count). The maximum Gasteiger partial charge on any atom is 0.259 e. The Kier molecular flexibility index (Phi) is 4.79. The molecule has 3 heterocycles. The molecule has 2 N–H and O–H groups in total. The summed E-state index contributed by atoms with van der Waals surface area (Å²) in [6.45, 7) is 3.89. The fourth-order valence-corrected chi connectivity index (χ4v) is 4.24. The number of rotatable bonds is 5. The second-order valence-corrected chi connectivity index (χ2v) is 8.36. The summed E-state index contributed by atoms with van der Waals surface area (Å²) in [5, 5.41) is 3.98. The number of H-pyrrole nitrogens is 1. The minimum atomic E-state index is -0.127. The number of thiophene rings is 1. The molecule has 0 aliphatic heterocycles. The van der Waals surface area contributed by atoms with Crippen LogP contribution in [0.2, 0.25) is 0 Å². The Morgan fingerprint density at radius 3 is 2.91 bits per heavy atom. The normalized spacial score (nSPS) is 11.0. The number of aromatic nitrogens is 3. The Morgan fingerprint density at radius 2 is 2.17 bits per heavy atom. The molecule has 1 amide bonds. The van der Waals surface area contributed by atoms with Crippen molar-refractivity contribution in [2.45, 2.75) is 19.6 Å². The Labute approximate surface area is 144 Å². The molecule has 0 saturated carbocycles. The highest BCUT2D eigenvalue weighted by Crippen LogP contribution is 2.21. The number of carbonyl (C=O) groups is 1. The molecule has 0 atom stereocenters. The van der Waals surface area contributed by atoms with E-state index in [2.05, 4.69) is 20.3 Å². The number of aromatic amines is 1. The van der Waals surface area contributed by atoms with Crippen LogP contribution in [0.1, 0.15) is 15.6 Å². The van der Waals surface area contributed by atoms with Crippen molar-refractivity contribution in [1.82, 2.24) is 15.0 Å². The fraction of sp³-hybridized carbons (Fsp3) is 0.286. The molecule has 0 fully saturated rings. The summed E-state index contributed by atoms with van der Waals surface area (Å²) in [4.78, 5) is 38.0. The lowest BCUT2D eigenvalue weighted by atomic mass is 10.4. The van der Waals surface area contributed by atoms with Crippen LogP contribution in [0.5, 0.6) is 0 Å². The van der Waals surface area contributed by atoms with Crippen LogP contribution in [0, 0.1) is 13.8 Å². The first-order valence-corrected chi connectivity index (χ1v) is 9.59. The molecule has 6 nitrogen and oxygen atoms in total. The van der Waals surface area contributed by atoms with E-state index in [0.717, 1.165) is 14.6 Å². The number of nitrogens with one attached hydrogen (secondary N) is 2. The first kappa shape index (κ1) is 16.2. The zero-order chi connectivity index (χ0) is 16.4. The topological polar surface area (TPSA) is 87.7 Å². The van der Waals surface area contributed by atoms with Gasteiger partial charge in [0.15, 0.2) is 5.13 Å². The van der Waals surface area contributed by atoms with Crippen molar-refractivity contribution in [3.8, 4) is 0 Å². The minimum Gasteiger partial charge on any atom is -0.309 e. The Bertz CT molecular complexity index is 912. The largest absolute Gasteiger partial charge is 0.309 e. The predicted octanol–water partition coefficient (Wildman–Crippen LogP) is 2.93. The van der Waals surface area contributed by atoms with E-state index in [9.17, 15) is 9.59 Å². The average molecular weight is 366 g/mol. The quantitative estimate of drug-likeness (QED) is 0.725. The SMILES string of the molecule is Cc1cnc(NC(=O)CSCc2nc3sc(C)cc3c(=O)[nH]2)s1. The van der Waals surface area contributed by atoms with Crippen LogP contribution < -0.4 is 10.9 Å². The van der Waals surface area contributed by atoms with E-state index < -0.39 is 0 Å². The van der Waals surface area contributed by atoms with Gasteiger partial charge in [-0.1, -0.05) is 0 Å². The van der Waals surface area contributed by atoms with E-state index in [1.807, 2.05) is 19.9 Å². The second kappa shape index (κ2) is 6.81. The molecule has 3 aromatic rings. The number of nitrogens with zero attached hydrogens (tertiary/aromatic N) is 2. The van der Waals surface area contributed by atoms with Crippen LogP contribution in [-0.4, -0.2) is 26.6 Å². The highest BCUT2D eigenvalue weighted by molar-refractivity contribution is 7.99. The molecule has 3 aromatic heterocycles. The van der Waals surface area contributed by atoms with Gasteiger partial charge in [0.05, 0.1) is 16.9 Å². The molecule has 0 aliphatic carbocycles. The average Bonchev–Trinajstić information content (AvgIpc) is 3.04. The number of anilines is 1. The third-order valence-corrected chi connectivity index (χ3v) is 5.63. The number of fused-ring (bicyclic) bond motifs is 1. The Hall–Kier alpha value is -1.71. The van der Waals surface area contributed by atoms with Gasteiger partial charge in [-0.3, -0.25) is 9.59 Å². The molecule has 9 heteroatoms. The third-order valence-electron chi connectivity index (χ3n) is 2.91. The molecule has 0 aromatic carbocycles. The number of hydrogen-bond donors (Lipinski definition) is 2. The second-order valence-electron chi connectivity index (χ2n) is 4.91. The highest BCUT2D eigenvalue weighted by atomic mass is 32.2. The standard InChI is InChI=1S/C14H14N4O2S3/c1-7-3-9-12(20)16-10(17-13(9)22-7)5-21-6-11(19)18-14-15-4-8(2)23-14/h3-4H,5-6H2,1-2H3,(H,15,18,19)(H,16,17,20). The maximum absolute atomic E-state index is 12.0. The smallest absolute Gasteiger partial charge is 0.259 e. The van der Waals surface area contributed by atoms with E-state index >= 15 is 0 Å². The fourth-order valence-electron chi connectivity index (χ4n) is 1.97. The van der Waals surface area contributed by atoms with Gasteiger partial charge in [0.1, 0.15) is 10.7 Å². The summed E-state index contributed by atoms with van der Waals surface area (Å²) in [7, 11) is 0. The molecule has 0 unspecified atom stereocenters. The van der Waals surface area contributed by atoms with Crippen LogP contribution in [0.4, 0.5) is 5.13 Å². The van der Waals surface area contributed by atoms with Gasteiger partial charge >= 0.3 is 0 Å². The van der Waals surface area contributed by atoms with Crippen LogP contribution in [0.25, 0.3) is 10.2 Å². The summed E-state index contributed by atoms with van der Waals surface area (Å²) in [5.74, 6) is 1.24. The van der Waals surface area contributed by atoms with Crippen molar-refractivity contribution in [3.63, 3.8) is 0 Å². The number of carbonyl (C=O) groups excluding carboxylic acids is 1. The van der Waals surface area contributed by atoms with Crippen molar-refractivity contribution >= 4 is 55.7 Å². The minimum absolute atomic E-state index is 0.111. The Balaban J connectivity index is 1.58. The molecule has 0 bridgehead atoms. The van der Waals surface area contributed by atoms with Crippen molar-refractivity contribution in [2.75, 3.05) is 11.1 Å². The number of aryl methyl sites for hydroxylation is 2. The van der Waals surface area contributed by atoms with Crippen LogP contribution in [0.15, 0.2) is 17.1 Å². The highest BCUT2D eigenvalue weighted by Gasteiger charge is 2.09. The Morgan fingerprint density at radius 1 is 1.35 bits per heavy atom. The molecule has 120 valence electrons. The van der Waals surface area contributed by atoms with Crippen molar-refractivity contribution in [3.05, 3.63) is 38.2 Å². The van der Waals surface area contributed by atoms with Gasteiger partial charge in [-0.05, 0) is 19.9 Å². The van der Waals surface area contributed by atoms with Crippen LogP contribution >= 0.6 is 34.4 Å². The summed E-state index contributed by atoms with van der Waals surface area (Å²) in [5.41, 5.74) is -0.127. The van der Waals surface area contributed by atoms with Gasteiger partial charge < -0.3 is 10.3 Å². The predicted molar refractivity (Wildman–Crippen MR) is 96.6 cm³/mol. The summed E-state index contributed by atoms with van der Waals surface area (Å²) >= 11 is 4.34.